The van der Waals surface area contributed by atoms with Gasteiger partial charge in [0, 0.05) is 21.8 Å². The summed E-state index contributed by atoms with van der Waals surface area (Å²) in [4.78, 5) is 29.7. The van der Waals surface area contributed by atoms with E-state index in [9.17, 15) is 9.59 Å². The highest BCUT2D eigenvalue weighted by Gasteiger charge is 2.18. The van der Waals surface area contributed by atoms with Crippen molar-refractivity contribution in [1.82, 2.24) is 0 Å². The molecule has 3 aromatic rings. The molecule has 0 unspecified atom stereocenters. The number of rotatable bonds is 5. The second-order valence-electron chi connectivity index (χ2n) is 5.51. The van der Waals surface area contributed by atoms with Gasteiger partial charge in [0.05, 0.1) is 0 Å². The van der Waals surface area contributed by atoms with E-state index in [4.69, 9.17) is 16.4 Å². The minimum atomic E-state index is -0.813. The smallest absolute Gasteiger partial charge is 0.297 e. The average Bonchev–Trinajstić information content (AvgIpc) is 2.71. The molecule has 6 heteroatoms. The highest BCUT2D eigenvalue weighted by molar-refractivity contribution is 6.51. The Morgan fingerprint density at radius 3 is 1.93 bits per heavy atom. The van der Waals surface area contributed by atoms with Crippen LogP contribution in [0.2, 0.25) is 5.02 Å². The summed E-state index contributed by atoms with van der Waals surface area (Å²) >= 11 is 5.81. The van der Waals surface area contributed by atoms with Crippen molar-refractivity contribution in [3.05, 3.63) is 101 Å². The van der Waals surface area contributed by atoms with Gasteiger partial charge in [0.1, 0.15) is 0 Å². The van der Waals surface area contributed by atoms with Gasteiger partial charge in [0.2, 0.25) is 5.78 Å². The molecule has 0 aliphatic carbocycles. The van der Waals surface area contributed by atoms with Crippen molar-refractivity contribution in [2.45, 2.75) is 0 Å². The van der Waals surface area contributed by atoms with E-state index in [1.807, 2.05) is 12.1 Å². The third-order valence-corrected chi connectivity index (χ3v) is 3.86. The zero-order chi connectivity index (χ0) is 19.1. The van der Waals surface area contributed by atoms with Crippen molar-refractivity contribution >= 4 is 34.9 Å². The lowest BCUT2D eigenvalue weighted by molar-refractivity contribution is 0.106. The zero-order valence-corrected chi connectivity index (χ0v) is 14.9. The van der Waals surface area contributed by atoms with E-state index in [-0.39, 0.29) is 11.5 Å². The maximum Gasteiger partial charge on any atom is 0.437 e. The Bertz CT molecular complexity index is 956. The molecule has 1 amide bonds. The number of halogens is 1. The molecule has 0 aromatic heterocycles. The van der Waals surface area contributed by atoms with Gasteiger partial charge in [0.15, 0.2) is 5.71 Å². The fourth-order valence-electron chi connectivity index (χ4n) is 2.31. The molecule has 0 aliphatic rings. The number of anilines is 1. The molecular weight excluding hydrogens is 364 g/mol. The predicted octanol–water partition coefficient (Wildman–Crippen LogP) is 5.18. The number of amides is 1. The summed E-state index contributed by atoms with van der Waals surface area (Å²) in [5.41, 5.74) is 1.52. The van der Waals surface area contributed by atoms with Gasteiger partial charge in [-0.1, -0.05) is 77.4 Å². The molecule has 27 heavy (non-hydrogen) atoms. The minimum Gasteiger partial charge on any atom is -0.297 e. The Kier molecular flexibility index (Phi) is 5.97. The monoisotopic (exact) mass is 378 g/mol. The van der Waals surface area contributed by atoms with Crippen LogP contribution in [0.4, 0.5) is 10.5 Å². The van der Waals surface area contributed by atoms with Gasteiger partial charge in [0.25, 0.3) is 0 Å². The summed E-state index contributed by atoms with van der Waals surface area (Å²) in [5.74, 6) is -0.346. The molecule has 0 spiro atoms. The van der Waals surface area contributed by atoms with Gasteiger partial charge in [-0.05, 0) is 24.3 Å². The quantitative estimate of drug-likeness (QED) is 0.288. The maximum absolute atomic E-state index is 12.8. The van der Waals surface area contributed by atoms with Crippen molar-refractivity contribution in [3.8, 4) is 0 Å². The second kappa shape index (κ2) is 8.78. The van der Waals surface area contributed by atoms with Gasteiger partial charge >= 0.3 is 6.09 Å². The van der Waals surface area contributed by atoms with Gasteiger partial charge in [-0.15, -0.1) is 0 Å². The maximum atomic E-state index is 12.8. The van der Waals surface area contributed by atoms with Crippen molar-refractivity contribution in [2.24, 2.45) is 5.16 Å². The van der Waals surface area contributed by atoms with E-state index in [1.165, 1.54) is 0 Å². The first kappa shape index (κ1) is 18.4. The van der Waals surface area contributed by atoms with E-state index in [0.717, 1.165) is 0 Å². The van der Waals surface area contributed by atoms with Crippen LogP contribution in [0.3, 0.4) is 0 Å². The van der Waals surface area contributed by atoms with Crippen molar-refractivity contribution in [1.29, 1.82) is 0 Å². The van der Waals surface area contributed by atoms with Gasteiger partial charge in [-0.2, -0.15) is 0 Å². The molecule has 0 saturated carbocycles. The fraction of sp³-hybridized carbons (Fsp3) is 0. The lowest BCUT2D eigenvalue weighted by atomic mass is 10.0. The first-order valence-corrected chi connectivity index (χ1v) is 8.48. The van der Waals surface area contributed by atoms with E-state index < -0.39 is 6.09 Å². The van der Waals surface area contributed by atoms with E-state index in [2.05, 4.69) is 10.5 Å². The number of benzene rings is 3. The molecule has 3 aromatic carbocycles. The van der Waals surface area contributed by atoms with Crippen LogP contribution in [0.5, 0.6) is 0 Å². The van der Waals surface area contributed by atoms with Crippen molar-refractivity contribution < 1.29 is 14.4 Å². The molecule has 3 rings (SSSR count). The van der Waals surface area contributed by atoms with Gasteiger partial charge in [-0.3, -0.25) is 14.9 Å². The highest BCUT2D eigenvalue weighted by Crippen LogP contribution is 2.14. The van der Waals surface area contributed by atoms with E-state index >= 15 is 0 Å². The van der Waals surface area contributed by atoms with E-state index in [0.29, 0.717) is 21.8 Å². The number of carbonyl (C=O) groups excluding carboxylic acids is 2. The summed E-state index contributed by atoms with van der Waals surface area (Å²) in [7, 11) is 0. The molecule has 134 valence electrons. The molecular formula is C21H15ClN2O3. The summed E-state index contributed by atoms with van der Waals surface area (Å²) in [6.07, 6.45) is -0.813. The fourth-order valence-corrected chi connectivity index (χ4v) is 2.43. The topological polar surface area (TPSA) is 67.8 Å². The number of ketones is 1. The third kappa shape index (κ3) is 5.03. The molecule has 0 heterocycles. The van der Waals surface area contributed by atoms with Crippen molar-refractivity contribution in [3.63, 3.8) is 0 Å². The number of nitrogens with zero attached hydrogens (tertiary/aromatic N) is 1. The van der Waals surface area contributed by atoms with Crippen LogP contribution < -0.4 is 5.32 Å². The number of oxime groups is 1. The van der Waals surface area contributed by atoms with Crippen LogP contribution in [-0.2, 0) is 4.84 Å². The van der Waals surface area contributed by atoms with Crippen molar-refractivity contribution in [2.75, 3.05) is 5.32 Å². The largest absolute Gasteiger partial charge is 0.437 e. The zero-order valence-electron chi connectivity index (χ0n) is 14.1. The molecule has 0 aliphatic heterocycles. The SMILES string of the molecule is O=C(Nc1ccc(Cl)cc1)O/N=C(/C(=O)c1ccccc1)c1ccccc1. The predicted molar refractivity (Wildman–Crippen MR) is 105 cm³/mol. The van der Waals surface area contributed by atoms with E-state index in [1.54, 1.807) is 72.8 Å². The summed E-state index contributed by atoms with van der Waals surface area (Å²) in [6, 6.07) is 24.0. The molecule has 0 fully saturated rings. The van der Waals surface area contributed by atoms with Crippen LogP contribution in [0, 0.1) is 0 Å². The second-order valence-corrected chi connectivity index (χ2v) is 5.95. The minimum absolute atomic E-state index is 0.0352. The Morgan fingerprint density at radius 2 is 1.33 bits per heavy atom. The Hall–Kier alpha value is -3.44. The molecule has 0 radical (unpaired) electrons. The van der Waals surface area contributed by atoms with Gasteiger partial charge in [-0.25, -0.2) is 4.79 Å². The Morgan fingerprint density at radius 1 is 0.778 bits per heavy atom. The highest BCUT2D eigenvalue weighted by atomic mass is 35.5. The normalized spacial score (nSPS) is 10.9. The number of Topliss-reactive ketones (excluding diaryl/α,β-unsaturated/α-hetero) is 1. The number of hydrogen-bond donors (Lipinski definition) is 1. The summed E-state index contributed by atoms with van der Waals surface area (Å²) in [6.45, 7) is 0. The number of hydrogen-bond acceptors (Lipinski definition) is 4. The summed E-state index contributed by atoms with van der Waals surface area (Å²) in [5, 5.41) is 6.88. The number of nitrogens with one attached hydrogen (secondary N) is 1. The van der Waals surface area contributed by atoms with Crippen LogP contribution in [0.25, 0.3) is 0 Å². The Balaban J connectivity index is 1.81. The molecule has 0 atom stereocenters. The van der Waals surface area contributed by atoms with Crippen LogP contribution in [-0.4, -0.2) is 17.6 Å². The standard InChI is InChI=1S/C21H15ClN2O3/c22-17-11-13-18(14-12-17)23-21(26)27-24-19(15-7-3-1-4-8-15)20(25)16-9-5-2-6-10-16/h1-14H,(H,23,26)/b24-19+. The van der Waals surface area contributed by atoms with Crippen LogP contribution >= 0.6 is 11.6 Å². The lowest BCUT2D eigenvalue weighted by Gasteiger charge is -2.07. The molecule has 0 bridgehead atoms. The third-order valence-electron chi connectivity index (χ3n) is 3.61. The Labute approximate surface area is 161 Å². The average molecular weight is 379 g/mol. The first-order chi connectivity index (χ1) is 13.1. The lowest BCUT2D eigenvalue weighted by Crippen LogP contribution is -2.19. The molecule has 0 saturated heterocycles. The van der Waals surface area contributed by atoms with Crippen LogP contribution in [0.1, 0.15) is 15.9 Å². The molecule has 1 N–H and O–H groups in total. The van der Waals surface area contributed by atoms with Gasteiger partial charge < -0.3 is 0 Å². The number of carbonyl (C=O) groups is 2. The first-order valence-electron chi connectivity index (χ1n) is 8.10. The summed E-state index contributed by atoms with van der Waals surface area (Å²) < 4.78 is 0. The van der Waals surface area contributed by atoms with Crippen LogP contribution in [0.15, 0.2) is 90.1 Å². The molecule has 5 nitrogen and oxygen atoms in total.